The third-order valence-corrected chi connectivity index (χ3v) is 2.76. The van der Waals surface area contributed by atoms with E-state index >= 15 is 0 Å². The van der Waals surface area contributed by atoms with Gasteiger partial charge in [0, 0.05) is 4.88 Å². The molecule has 1 N–H and O–H groups in total. The van der Waals surface area contributed by atoms with Gasteiger partial charge in [0.15, 0.2) is 6.73 Å². The highest BCUT2D eigenvalue weighted by molar-refractivity contribution is 7.11. The van der Waals surface area contributed by atoms with E-state index in [9.17, 15) is 4.79 Å². The maximum Gasteiger partial charge on any atom is 0.258 e. The lowest BCUT2D eigenvalue weighted by molar-refractivity contribution is -0.118. The molecule has 2 rings (SSSR count). The number of nitrogens with one attached hydrogen (secondary N) is 1. The molecule has 0 radical (unpaired) electrons. The average Bonchev–Trinajstić information content (AvgIpc) is 2.57. The first-order valence-corrected chi connectivity index (χ1v) is 4.83. The minimum atomic E-state index is -0.0498. The molecular formula is C9H9NO2S. The van der Waals surface area contributed by atoms with E-state index in [1.165, 1.54) is 11.3 Å². The van der Waals surface area contributed by atoms with Crippen molar-refractivity contribution >= 4 is 22.8 Å². The fourth-order valence-corrected chi connectivity index (χ4v) is 2.05. The van der Waals surface area contributed by atoms with E-state index in [2.05, 4.69) is 5.32 Å². The Bertz CT molecular complexity index is 354. The van der Waals surface area contributed by atoms with E-state index in [1.807, 2.05) is 24.4 Å². The predicted molar refractivity (Wildman–Crippen MR) is 51.0 cm³/mol. The number of ether oxygens (including phenoxy) is 1. The van der Waals surface area contributed by atoms with Crippen LogP contribution in [0, 0.1) is 0 Å². The first kappa shape index (κ1) is 8.31. The maximum atomic E-state index is 11.5. The van der Waals surface area contributed by atoms with E-state index in [0.717, 1.165) is 4.88 Å². The van der Waals surface area contributed by atoms with Gasteiger partial charge in [0.1, 0.15) is 5.76 Å². The van der Waals surface area contributed by atoms with Crippen LogP contribution in [0.5, 0.6) is 0 Å². The maximum absolute atomic E-state index is 11.5. The van der Waals surface area contributed by atoms with Crippen LogP contribution < -0.4 is 5.32 Å². The van der Waals surface area contributed by atoms with Crippen LogP contribution in [0.3, 0.4) is 0 Å². The van der Waals surface area contributed by atoms with Crippen LogP contribution in [-0.2, 0) is 9.53 Å². The van der Waals surface area contributed by atoms with E-state index in [1.54, 1.807) is 0 Å². The first-order chi connectivity index (χ1) is 6.29. The van der Waals surface area contributed by atoms with Crippen molar-refractivity contribution in [2.24, 2.45) is 0 Å². The van der Waals surface area contributed by atoms with E-state index in [0.29, 0.717) is 11.3 Å². The molecule has 0 unspecified atom stereocenters. The second kappa shape index (κ2) is 3.22. The van der Waals surface area contributed by atoms with E-state index in [-0.39, 0.29) is 12.6 Å². The van der Waals surface area contributed by atoms with Crippen LogP contribution in [0.25, 0.3) is 5.57 Å². The van der Waals surface area contributed by atoms with Gasteiger partial charge in [0.05, 0.1) is 5.57 Å². The second-order valence-electron chi connectivity index (χ2n) is 2.70. The molecule has 0 atom stereocenters. The van der Waals surface area contributed by atoms with Crippen LogP contribution in [0.4, 0.5) is 0 Å². The molecule has 0 bridgehead atoms. The molecular weight excluding hydrogens is 186 g/mol. The van der Waals surface area contributed by atoms with E-state index < -0.39 is 0 Å². The van der Waals surface area contributed by atoms with E-state index in [4.69, 9.17) is 4.74 Å². The van der Waals surface area contributed by atoms with Crippen molar-refractivity contribution in [2.45, 2.75) is 6.92 Å². The molecule has 0 aromatic carbocycles. The van der Waals surface area contributed by atoms with Gasteiger partial charge in [0.2, 0.25) is 0 Å². The van der Waals surface area contributed by atoms with Crippen LogP contribution in [0.2, 0.25) is 0 Å². The largest absolute Gasteiger partial charge is 0.477 e. The molecule has 13 heavy (non-hydrogen) atoms. The highest BCUT2D eigenvalue weighted by Gasteiger charge is 2.20. The van der Waals surface area contributed by atoms with Crippen LogP contribution in [0.1, 0.15) is 11.8 Å². The molecule has 68 valence electrons. The molecule has 0 fully saturated rings. The summed E-state index contributed by atoms with van der Waals surface area (Å²) >= 11 is 1.54. The van der Waals surface area contributed by atoms with Gasteiger partial charge in [-0.25, -0.2) is 0 Å². The lowest BCUT2D eigenvalue weighted by Gasteiger charge is -2.18. The Balaban J connectivity index is 2.45. The fourth-order valence-electron chi connectivity index (χ4n) is 1.24. The Morgan fingerprint density at radius 2 is 2.46 bits per heavy atom. The fraction of sp³-hybridized carbons (Fsp3) is 0.222. The Morgan fingerprint density at radius 3 is 3.08 bits per heavy atom. The Hall–Kier alpha value is -1.29. The standard InChI is InChI=1S/C9H9NO2S/c1-6-8(7-3-2-4-13-7)9(11)10-5-12-6/h2-4H,5H2,1H3,(H,10,11). The van der Waals surface area contributed by atoms with Crippen molar-refractivity contribution in [3.63, 3.8) is 0 Å². The zero-order valence-corrected chi connectivity index (χ0v) is 7.98. The van der Waals surface area contributed by atoms with Gasteiger partial charge in [-0.15, -0.1) is 11.3 Å². The molecule has 1 aliphatic rings. The van der Waals surface area contributed by atoms with Gasteiger partial charge in [-0.1, -0.05) is 6.07 Å². The molecule has 0 saturated carbocycles. The monoisotopic (exact) mass is 195 g/mol. The van der Waals surface area contributed by atoms with Crippen molar-refractivity contribution in [3.8, 4) is 0 Å². The predicted octanol–water partition coefficient (Wildman–Crippen LogP) is 1.58. The molecule has 0 saturated heterocycles. The highest BCUT2D eigenvalue weighted by atomic mass is 32.1. The lowest BCUT2D eigenvalue weighted by atomic mass is 10.1. The molecule has 1 aromatic heterocycles. The number of hydrogen-bond acceptors (Lipinski definition) is 3. The Morgan fingerprint density at radius 1 is 1.62 bits per heavy atom. The third-order valence-electron chi connectivity index (χ3n) is 1.87. The van der Waals surface area contributed by atoms with Crippen molar-refractivity contribution < 1.29 is 9.53 Å². The summed E-state index contributed by atoms with van der Waals surface area (Å²) < 4.78 is 5.24. The Kier molecular flexibility index (Phi) is 2.06. The summed E-state index contributed by atoms with van der Waals surface area (Å²) in [6.45, 7) is 2.09. The van der Waals surface area contributed by atoms with Crippen LogP contribution in [0.15, 0.2) is 23.3 Å². The van der Waals surface area contributed by atoms with Gasteiger partial charge in [0.25, 0.3) is 5.91 Å². The lowest BCUT2D eigenvalue weighted by Crippen LogP contribution is -2.31. The molecule has 1 aliphatic heterocycles. The smallest absolute Gasteiger partial charge is 0.258 e. The van der Waals surface area contributed by atoms with Gasteiger partial charge in [-0.2, -0.15) is 0 Å². The normalized spacial score (nSPS) is 16.8. The molecule has 0 aliphatic carbocycles. The highest BCUT2D eigenvalue weighted by Crippen LogP contribution is 2.25. The third kappa shape index (κ3) is 1.45. The van der Waals surface area contributed by atoms with Crippen LogP contribution in [-0.4, -0.2) is 12.6 Å². The number of allylic oxidation sites excluding steroid dienone is 1. The number of amides is 1. The summed E-state index contributed by atoms with van der Waals surface area (Å²) in [4.78, 5) is 12.4. The average molecular weight is 195 g/mol. The first-order valence-electron chi connectivity index (χ1n) is 3.95. The minimum absolute atomic E-state index is 0.0498. The number of carbonyl (C=O) groups is 1. The van der Waals surface area contributed by atoms with Crippen molar-refractivity contribution in [1.29, 1.82) is 0 Å². The summed E-state index contributed by atoms with van der Waals surface area (Å²) in [5, 5.41) is 4.58. The molecule has 3 nitrogen and oxygen atoms in total. The van der Waals surface area contributed by atoms with Gasteiger partial charge >= 0.3 is 0 Å². The molecule has 4 heteroatoms. The van der Waals surface area contributed by atoms with Gasteiger partial charge < -0.3 is 10.1 Å². The minimum Gasteiger partial charge on any atom is -0.477 e. The molecule has 1 amide bonds. The topological polar surface area (TPSA) is 38.3 Å². The SMILES string of the molecule is CC1=C(c2cccs2)C(=O)NCO1. The number of thiophene rings is 1. The summed E-state index contributed by atoms with van der Waals surface area (Å²) in [7, 11) is 0. The summed E-state index contributed by atoms with van der Waals surface area (Å²) in [5.74, 6) is 0.650. The van der Waals surface area contributed by atoms with Gasteiger partial charge in [-0.05, 0) is 18.4 Å². The van der Waals surface area contributed by atoms with Crippen molar-refractivity contribution in [3.05, 3.63) is 28.1 Å². The van der Waals surface area contributed by atoms with Crippen molar-refractivity contribution in [1.82, 2.24) is 5.32 Å². The zero-order chi connectivity index (χ0) is 9.26. The molecule has 1 aromatic rings. The molecule has 0 spiro atoms. The molecule has 2 heterocycles. The number of carbonyl (C=O) groups excluding carboxylic acids is 1. The number of hydrogen-bond donors (Lipinski definition) is 1. The van der Waals surface area contributed by atoms with Crippen LogP contribution >= 0.6 is 11.3 Å². The second-order valence-corrected chi connectivity index (χ2v) is 3.65. The van der Waals surface area contributed by atoms with Crippen molar-refractivity contribution in [2.75, 3.05) is 6.73 Å². The number of rotatable bonds is 1. The summed E-state index contributed by atoms with van der Waals surface area (Å²) in [5.41, 5.74) is 0.654. The summed E-state index contributed by atoms with van der Waals surface area (Å²) in [6, 6.07) is 3.83. The zero-order valence-electron chi connectivity index (χ0n) is 7.16. The van der Waals surface area contributed by atoms with Gasteiger partial charge in [-0.3, -0.25) is 4.79 Å². The summed E-state index contributed by atoms with van der Waals surface area (Å²) in [6.07, 6.45) is 0. The Labute approximate surface area is 80.0 Å². The quantitative estimate of drug-likeness (QED) is 0.739.